The number of benzene rings is 2. The van der Waals surface area contributed by atoms with Crippen molar-refractivity contribution in [2.75, 3.05) is 5.73 Å². The third kappa shape index (κ3) is 6.39. The van der Waals surface area contributed by atoms with E-state index in [9.17, 15) is 17.6 Å². The van der Waals surface area contributed by atoms with Crippen molar-refractivity contribution in [3.8, 4) is 33.6 Å². The summed E-state index contributed by atoms with van der Waals surface area (Å²) in [5.74, 6) is -0.180. The number of nitrogen functional groups attached to an aromatic ring is 1. The lowest BCUT2D eigenvalue weighted by Gasteiger charge is -2.11. The van der Waals surface area contributed by atoms with Crippen molar-refractivity contribution in [1.29, 1.82) is 0 Å². The monoisotopic (exact) mass is 729 g/mol. The molecule has 254 valence electrons. The highest BCUT2D eigenvalue weighted by Crippen LogP contribution is 2.38. The Kier molecular flexibility index (Phi) is 8.74. The van der Waals surface area contributed by atoms with Crippen molar-refractivity contribution < 1.29 is 17.6 Å². The van der Waals surface area contributed by atoms with E-state index in [4.69, 9.17) is 28.9 Å². The second-order valence-corrected chi connectivity index (χ2v) is 11.8. The van der Waals surface area contributed by atoms with Gasteiger partial charge < -0.3 is 5.73 Å². The predicted octanol–water partition coefficient (Wildman–Crippen LogP) is 8.11. The van der Waals surface area contributed by atoms with Gasteiger partial charge in [-0.3, -0.25) is 0 Å². The molecule has 0 atom stereocenters. The van der Waals surface area contributed by atoms with E-state index in [-0.39, 0.29) is 21.8 Å². The SMILES string of the molecule is Cc1ccc(Cl)c(-n2ncc3c(-c4cncnc4N)ccnc32)c1.Fc1ccc(-n2ncc3c(-c4cncnc4C(F)(F)F)ccnc32)cc1Cl. The molecule has 0 amide bonds. The molecule has 8 rings (SSSR count). The largest absolute Gasteiger partial charge is 0.434 e. The molecule has 0 radical (unpaired) electrons. The fraction of sp³-hybridized carbons (Fsp3) is 0.0588. The van der Waals surface area contributed by atoms with Crippen LogP contribution < -0.4 is 5.73 Å². The molecule has 51 heavy (non-hydrogen) atoms. The highest BCUT2D eigenvalue weighted by atomic mass is 35.5. The third-order valence-corrected chi connectivity index (χ3v) is 8.34. The van der Waals surface area contributed by atoms with Crippen molar-refractivity contribution in [1.82, 2.24) is 49.5 Å². The normalized spacial score (nSPS) is 11.5. The molecule has 0 unspecified atom stereocenters. The van der Waals surface area contributed by atoms with E-state index in [1.807, 2.05) is 31.2 Å². The second-order valence-electron chi connectivity index (χ2n) is 11.0. The molecule has 17 heteroatoms. The van der Waals surface area contributed by atoms with Crippen LogP contribution in [-0.4, -0.2) is 49.5 Å². The highest BCUT2D eigenvalue weighted by molar-refractivity contribution is 6.32. The summed E-state index contributed by atoms with van der Waals surface area (Å²) in [4.78, 5) is 23.9. The standard InChI is InChI=1S/C17H8ClF4N5.C17H13ClN6/c18-13-5-9(1-2-14(13)19)27-16-12(7-26-27)10(3-4-24-16)11-6-23-8-25-15(11)17(20,21)22;1-10-2-3-14(18)15(6-10)24-17-13(8-23-24)11(4-5-21-17)12-7-20-9-22-16(12)19/h1-8H;2-9H,1H3,(H2,19,20,22). The number of aromatic nitrogens is 10. The maximum Gasteiger partial charge on any atom is 0.434 e. The van der Waals surface area contributed by atoms with Crippen molar-refractivity contribution in [2.24, 2.45) is 0 Å². The van der Waals surface area contributed by atoms with E-state index in [1.165, 1.54) is 47.7 Å². The van der Waals surface area contributed by atoms with Crippen LogP contribution in [-0.2, 0) is 6.18 Å². The first-order valence-electron chi connectivity index (χ1n) is 14.8. The number of hydrogen-bond acceptors (Lipinski definition) is 9. The van der Waals surface area contributed by atoms with Crippen LogP contribution in [0.15, 0.2) is 98.4 Å². The number of alkyl halides is 3. The minimum Gasteiger partial charge on any atom is -0.383 e. The van der Waals surface area contributed by atoms with Gasteiger partial charge in [0.25, 0.3) is 0 Å². The first-order valence-corrected chi connectivity index (χ1v) is 15.6. The number of rotatable bonds is 4. The van der Waals surface area contributed by atoms with Gasteiger partial charge in [-0.2, -0.15) is 23.4 Å². The highest BCUT2D eigenvalue weighted by Gasteiger charge is 2.36. The van der Waals surface area contributed by atoms with Gasteiger partial charge in [-0.05, 0) is 60.5 Å². The number of nitrogens with two attached hydrogens (primary N) is 1. The number of nitrogens with zero attached hydrogens (tertiary/aromatic N) is 10. The smallest absolute Gasteiger partial charge is 0.383 e. The van der Waals surface area contributed by atoms with Crippen molar-refractivity contribution in [3.05, 3.63) is 125 Å². The molecule has 11 nitrogen and oxygen atoms in total. The quantitative estimate of drug-likeness (QED) is 0.178. The molecule has 0 aliphatic heterocycles. The predicted molar refractivity (Wildman–Crippen MR) is 184 cm³/mol. The van der Waals surface area contributed by atoms with Gasteiger partial charge in [0.15, 0.2) is 17.0 Å². The van der Waals surface area contributed by atoms with Gasteiger partial charge in [-0.15, -0.1) is 0 Å². The molecular formula is C34H21Cl2F4N11. The first kappa shape index (κ1) is 33.4. The number of halogens is 6. The summed E-state index contributed by atoms with van der Waals surface area (Å²) >= 11 is 12.1. The zero-order valence-corrected chi connectivity index (χ0v) is 27.6. The molecule has 2 N–H and O–H groups in total. The van der Waals surface area contributed by atoms with E-state index in [1.54, 1.807) is 23.3 Å². The van der Waals surface area contributed by atoms with Gasteiger partial charge >= 0.3 is 6.18 Å². The topological polar surface area (TPSA) is 139 Å². The number of fused-ring (bicyclic) bond motifs is 2. The molecule has 0 bridgehead atoms. The molecule has 0 fully saturated rings. The van der Waals surface area contributed by atoms with Crippen molar-refractivity contribution >= 4 is 51.1 Å². The molecule has 0 spiro atoms. The molecule has 0 saturated carbocycles. The average Bonchev–Trinajstić information content (AvgIpc) is 3.76. The van der Waals surface area contributed by atoms with E-state index in [0.29, 0.717) is 27.6 Å². The maximum absolute atomic E-state index is 13.4. The Balaban J connectivity index is 0.000000160. The molecular weight excluding hydrogens is 709 g/mol. The van der Waals surface area contributed by atoms with Crippen LogP contribution in [0, 0.1) is 12.7 Å². The Labute approximate surface area is 295 Å². The zero-order chi connectivity index (χ0) is 35.9. The maximum atomic E-state index is 13.4. The lowest BCUT2D eigenvalue weighted by Crippen LogP contribution is -2.10. The van der Waals surface area contributed by atoms with Gasteiger partial charge in [0, 0.05) is 52.3 Å². The Bertz CT molecular complexity index is 2570. The van der Waals surface area contributed by atoms with Gasteiger partial charge in [0.05, 0.1) is 33.8 Å². The van der Waals surface area contributed by atoms with Crippen LogP contribution in [0.1, 0.15) is 11.3 Å². The fourth-order valence-electron chi connectivity index (χ4n) is 5.39. The van der Waals surface area contributed by atoms with Gasteiger partial charge in [0.2, 0.25) is 0 Å². The Morgan fingerprint density at radius 3 is 1.96 bits per heavy atom. The second kappa shape index (κ2) is 13.3. The van der Waals surface area contributed by atoms with Crippen molar-refractivity contribution in [2.45, 2.75) is 13.1 Å². The molecule has 8 aromatic rings. The minimum atomic E-state index is -4.64. The summed E-state index contributed by atoms with van der Waals surface area (Å²) in [5.41, 5.74) is 9.89. The molecule has 2 aromatic carbocycles. The molecule has 0 aliphatic carbocycles. The fourth-order valence-corrected chi connectivity index (χ4v) is 5.77. The van der Waals surface area contributed by atoms with E-state index in [0.717, 1.165) is 40.3 Å². The zero-order valence-electron chi connectivity index (χ0n) is 26.1. The molecule has 6 aromatic heterocycles. The van der Waals surface area contributed by atoms with Crippen LogP contribution in [0.5, 0.6) is 0 Å². The lowest BCUT2D eigenvalue weighted by molar-refractivity contribution is -0.140. The van der Waals surface area contributed by atoms with E-state index >= 15 is 0 Å². The molecule has 0 saturated heterocycles. The minimum absolute atomic E-state index is 0.108. The first-order chi connectivity index (χ1) is 24.5. The summed E-state index contributed by atoms with van der Waals surface area (Å²) in [5, 5.41) is 10.4. The van der Waals surface area contributed by atoms with E-state index in [2.05, 4.69) is 40.1 Å². The average molecular weight is 731 g/mol. The van der Waals surface area contributed by atoms with Gasteiger partial charge in [0.1, 0.15) is 24.3 Å². The number of anilines is 1. The Morgan fingerprint density at radius 2 is 1.29 bits per heavy atom. The number of pyridine rings is 2. The summed E-state index contributed by atoms with van der Waals surface area (Å²) in [7, 11) is 0. The lowest BCUT2D eigenvalue weighted by atomic mass is 10.0. The van der Waals surface area contributed by atoms with Crippen LogP contribution in [0.3, 0.4) is 0 Å². The summed E-state index contributed by atoms with van der Waals surface area (Å²) < 4.78 is 56.4. The summed E-state index contributed by atoms with van der Waals surface area (Å²) in [6.45, 7) is 2.01. The van der Waals surface area contributed by atoms with Crippen LogP contribution in [0.25, 0.3) is 55.7 Å². The number of hydrogen-bond donors (Lipinski definition) is 1. The van der Waals surface area contributed by atoms with Crippen LogP contribution >= 0.6 is 23.2 Å². The van der Waals surface area contributed by atoms with Gasteiger partial charge in [-0.25, -0.2) is 43.7 Å². The molecule has 6 heterocycles. The van der Waals surface area contributed by atoms with Crippen LogP contribution in [0.2, 0.25) is 10.0 Å². The third-order valence-electron chi connectivity index (χ3n) is 7.73. The molecule has 0 aliphatic rings. The van der Waals surface area contributed by atoms with Crippen molar-refractivity contribution in [3.63, 3.8) is 0 Å². The van der Waals surface area contributed by atoms with Crippen LogP contribution in [0.4, 0.5) is 23.4 Å². The number of aryl methyl sites for hydroxylation is 1. The summed E-state index contributed by atoms with van der Waals surface area (Å²) in [6.07, 6.45) is 6.60. The van der Waals surface area contributed by atoms with E-state index < -0.39 is 17.7 Å². The Hall–Kier alpha value is -6.06. The Morgan fingerprint density at radius 1 is 0.667 bits per heavy atom. The van der Waals surface area contributed by atoms with Gasteiger partial charge in [-0.1, -0.05) is 29.3 Å². The summed E-state index contributed by atoms with van der Waals surface area (Å²) in [6, 6.07) is 13.1.